The van der Waals surface area contributed by atoms with Crippen LogP contribution in [-0.4, -0.2) is 22.1 Å². The smallest absolute Gasteiger partial charge is 0.0939 e. The normalized spacial score (nSPS) is 10.5. The monoisotopic (exact) mass is 247 g/mol. The number of thioether (sulfide) groups is 1. The van der Waals surface area contributed by atoms with Gasteiger partial charge in [-0.15, -0.1) is 11.8 Å². The molecule has 0 amide bonds. The number of hydrogen-bond acceptors (Lipinski definition) is 3. The number of nitrogens with one attached hydrogen (secondary N) is 1. The number of rotatable bonds is 5. The van der Waals surface area contributed by atoms with E-state index < -0.39 is 0 Å². The maximum atomic E-state index is 4.32. The molecule has 0 aliphatic rings. The number of aryl methyl sites for hydroxylation is 2. The molecule has 0 aliphatic heterocycles. The molecule has 0 unspecified atom stereocenters. The minimum Gasteiger partial charge on any atom is -0.384 e. The Balaban J connectivity index is 1.75. The van der Waals surface area contributed by atoms with Crippen LogP contribution in [0.5, 0.6) is 0 Å². The number of benzene rings is 1. The van der Waals surface area contributed by atoms with Crippen LogP contribution < -0.4 is 5.32 Å². The van der Waals surface area contributed by atoms with Crippen molar-refractivity contribution >= 4 is 17.4 Å². The molecule has 0 bridgehead atoms. The van der Waals surface area contributed by atoms with E-state index in [9.17, 15) is 0 Å². The third-order valence-corrected chi connectivity index (χ3v) is 3.50. The molecule has 4 heteroatoms. The Hall–Kier alpha value is -1.42. The van der Waals surface area contributed by atoms with Gasteiger partial charge in [0.1, 0.15) is 0 Å². The van der Waals surface area contributed by atoms with Gasteiger partial charge in [0.25, 0.3) is 0 Å². The minimum atomic E-state index is 0.957. The van der Waals surface area contributed by atoms with Crippen molar-refractivity contribution < 1.29 is 0 Å². The first-order chi connectivity index (χ1) is 8.25. The van der Waals surface area contributed by atoms with Crippen molar-refractivity contribution in [3.05, 3.63) is 42.1 Å². The third kappa shape index (κ3) is 3.53. The summed E-state index contributed by atoms with van der Waals surface area (Å²) in [6.45, 7) is 2.98. The van der Waals surface area contributed by atoms with Crippen molar-refractivity contribution in [1.29, 1.82) is 0 Å². The van der Waals surface area contributed by atoms with Gasteiger partial charge in [0, 0.05) is 25.0 Å². The fraction of sp³-hybridized carbons (Fsp3) is 0.308. The second-order valence-corrected chi connectivity index (χ2v) is 5.00. The van der Waals surface area contributed by atoms with E-state index in [0.29, 0.717) is 0 Å². The zero-order valence-corrected chi connectivity index (χ0v) is 11.0. The average molecular weight is 247 g/mol. The Morgan fingerprint density at radius 2 is 2.06 bits per heavy atom. The molecule has 2 rings (SSSR count). The van der Waals surface area contributed by atoms with Crippen molar-refractivity contribution in [1.82, 2.24) is 9.78 Å². The Bertz CT molecular complexity index is 465. The van der Waals surface area contributed by atoms with E-state index in [4.69, 9.17) is 0 Å². The van der Waals surface area contributed by atoms with Gasteiger partial charge in [-0.1, -0.05) is 18.2 Å². The summed E-state index contributed by atoms with van der Waals surface area (Å²) in [7, 11) is 1.99. The van der Waals surface area contributed by atoms with Gasteiger partial charge < -0.3 is 5.32 Å². The Morgan fingerprint density at radius 3 is 2.71 bits per heavy atom. The average Bonchev–Trinajstić information content (AvgIpc) is 2.65. The van der Waals surface area contributed by atoms with Gasteiger partial charge in [-0.2, -0.15) is 5.10 Å². The zero-order valence-electron chi connectivity index (χ0n) is 10.2. The summed E-state index contributed by atoms with van der Waals surface area (Å²) < 4.78 is 1.93. The molecule has 17 heavy (non-hydrogen) atoms. The molecule has 2 aromatic rings. The molecule has 1 heterocycles. The van der Waals surface area contributed by atoms with Gasteiger partial charge in [-0.25, -0.2) is 0 Å². The summed E-state index contributed by atoms with van der Waals surface area (Å²) in [6.07, 6.45) is 0. The molecule has 3 nitrogen and oxygen atoms in total. The highest BCUT2D eigenvalue weighted by Gasteiger charge is 2.01. The molecule has 0 aliphatic carbocycles. The molecule has 0 radical (unpaired) electrons. The fourth-order valence-electron chi connectivity index (χ4n) is 1.63. The Kier molecular flexibility index (Phi) is 4.09. The number of anilines is 1. The van der Waals surface area contributed by atoms with Gasteiger partial charge in [0.2, 0.25) is 0 Å². The summed E-state index contributed by atoms with van der Waals surface area (Å²) in [5.74, 6) is 1.04. The van der Waals surface area contributed by atoms with Crippen LogP contribution in [0.2, 0.25) is 0 Å². The molecule has 0 saturated heterocycles. The summed E-state index contributed by atoms with van der Waals surface area (Å²) in [5.41, 5.74) is 2.25. The Labute approximate surface area is 106 Å². The zero-order chi connectivity index (χ0) is 12.1. The predicted octanol–water partition coefficient (Wildman–Crippen LogP) is 2.93. The van der Waals surface area contributed by atoms with E-state index in [0.717, 1.165) is 18.0 Å². The molecule has 1 aromatic heterocycles. The van der Waals surface area contributed by atoms with E-state index in [1.807, 2.05) is 48.6 Å². The molecule has 0 fully saturated rings. The van der Waals surface area contributed by atoms with Crippen molar-refractivity contribution in [3.63, 3.8) is 0 Å². The van der Waals surface area contributed by atoms with Crippen LogP contribution in [0.4, 0.5) is 5.69 Å². The van der Waals surface area contributed by atoms with Crippen LogP contribution in [0.25, 0.3) is 0 Å². The predicted molar refractivity (Wildman–Crippen MR) is 73.6 cm³/mol. The quantitative estimate of drug-likeness (QED) is 0.651. The second kappa shape index (κ2) is 5.77. The maximum Gasteiger partial charge on any atom is 0.0939 e. The van der Waals surface area contributed by atoms with Crippen LogP contribution in [0.15, 0.2) is 41.4 Å². The summed E-state index contributed by atoms with van der Waals surface area (Å²) in [6, 6.07) is 12.4. The van der Waals surface area contributed by atoms with Crippen molar-refractivity contribution in [2.75, 3.05) is 17.6 Å². The lowest BCUT2D eigenvalue weighted by atomic mass is 10.3. The number of nitrogens with zero attached hydrogens (tertiary/aromatic N) is 2. The minimum absolute atomic E-state index is 0.957. The molecule has 0 spiro atoms. The highest BCUT2D eigenvalue weighted by Crippen LogP contribution is 2.17. The lowest BCUT2D eigenvalue weighted by molar-refractivity contribution is 0.692. The molecule has 1 N–H and O–H groups in total. The van der Waals surface area contributed by atoms with Gasteiger partial charge in [-0.3, -0.25) is 4.68 Å². The SMILES string of the molecule is Cc1cc(SCCNc2ccccc2)n(C)n1. The number of para-hydroxylation sites is 1. The van der Waals surface area contributed by atoms with Crippen molar-refractivity contribution in [3.8, 4) is 0 Å². The number of hydrogen-bond donors (Lipinski definition) is 1. The first-order valence-electron chi connectivity index (χ1n) is 5.68. The van der Waals surface area contributed by atoms with E-state index in [1.54, 1.807) is 0 Å². The lowest BCUT2D eigenvalue weighted by Gasteiger charge is -2.05. The molecule has 1 aromatic carbocycles. The van der Waals surface area contributed by atoms with Gasteiger partial charge in [0.05, 0.1) is 10.7 Å². The van der Waals surface area contributed by atoms with E-state index in [-0.39, 0.29) is 0 Å². The molecular weight excluding hydrogens is 230 g/mol. The lowest BCUT2D eigenvalue weighted by Crippen LogP contribution is -2.04. The highest BCUT2D eigenvalue weighted by molar-refractivity contribution is 7.99. The summed E-state index contributed by atoms with van der Waals surface area (Å²) in [4.78, 5) is 0. The van der Waals surface area contributed by atoms with Gasteiger partial charge in [-0.05, 0) is 25.1 Å². The molecule has 0 atom stereocenters. The molecule has 0 saturated carbocycles. The first-order valence-corrected chi connectivity index (χ1v) is 6.66. The first kappa shape index (κ1) is 12.0. The van der Waals surface area contributed by atoms with Crippen LogP contribution in [0.3, 0.4) is 0 Å². The van der Waals surface area contributed by atoms with Gasteiger partial charge >= 0.3 is 0 Å². The fourth-order valence-corrected chi connectivity index (χ4v) is 2.52. The summed E-state index contributed by atoms with van der Waals surface area (Å²) in [5, 5.41) is 8.93. The van der Waals surface area contributed by atoms with Crippen LogP contribution in [0.1, 0.15) is 5.69 Å². The van der Waals surface area contributed by atoms with Crippen molar-refractivity contribution in [2.24, 2.45) is 7.05 Å². The largest absolute Gasteiger partial charge is 0.384 e. The van der Waals surface area contributed by atoms with Crippen LogP contribution >= 0.6 is 11.8 Å². The van der Waals surface area contributed by atoms with Crippen LogP contribution in [0, 0.1) is 6.92 Å². The topological polar surface area (TPSA) is 29.9 Å². The highest BCUT2D eigenvalue weighted by atomic mass is 32.2. The summed E-state index contributed by atoms with van der Waals surface area (Å²) >= 11 is 1.83. The Morgan fingerprint density at radius 1 is 1.29 bits per heavy atom. The molecule has 90 valence electrons. The van der Waals surface area contributed by atoms with Crippen molar-refractivity contribution in [2.45, 2.75) is 11.9 Å². The van der Waals surface area contributed by atoms with E-state index >= 15 is 0 Å². The van der Waals surface area contributed by atoms with Crippen LogP contribution in [-0.2, 0) is 7.05 Å². The van der Waals surface area contributed by atoms with Gasteiger partial charge in [0.15, 0.2) is 0 Å². The number of aromatic nitrogens is 2. The maximum absolute atomic E-state index is 4.32. The van der Waals surface area contributed by atoms with E-state index in [2.05, 4.69) is 28.6 Å². The second-order valence-electron chi connectivity index (χ2n) is 3.89. The standard InChI is InChI=1S/C13H17N3S/c1-11-10-13(16(2)15-11)17-9-8-14-12-6-4-3-5-7-12/h3-7,10,14H,8-9H2,1-2H3. The van der Waals surface area contributed by atoms with E-state index in [1.165, 1.54) is 10.7 Å². The third-order valence-electron chi connectivity index (χ3n) is 2.41. The molecular formula is C13H17N3S.